The maximum absolute atomic E-state index is 6.11. The van der Waals surface area contributed by atoms with E-state index in [0.717, 1.165) is 6.54 Å². The van der Waals surface area contributed by atoms with Crippen molar-refractivity contribution in [1.82, 2.24) is 4.90 Å². The zero-order valence-corrected chi connectivity index (χ0v) is 12.2. The standard InChI is InChI=1S/C15H24N2S/c1-12(16)15-5-3-4-10-17(15)11-13-6-8-14(18-2)9-7-13/h6-9,12,15H,3-5,10-11,16H2,1-2H3. The van der Waals surface area contributed by atoms with Crippen LogP contribution in [0.4, 0.5) is 0 Å². The zero-order chi connectivity index (χ0) is 13.0. The minimum Gasteiger partial charge on any atom is -0.327 e. The molecule has 2 unspecified atom stereocenters. The summed E-state index contributed by atoms with van der Waals surface area (Å²) in [6.45, 7) is 4.37. The molecule has 3 heteroatoms. The van der Waals surface area contributed by atoms with E-state index in [1.807, 2.05) is 0 Å². The molecule has 0 saturated carbocycles. The zero-order valence-electron chi connectivity index (χ0n) is 11.4. The van der Waals surface area contributed by atoms with Gasteiger partial charge in [-0.15, -0.1) is 11.8 Å². The lowest BCUT2D eigenvalue weighted by molar-refractivity contribution is 0.123. The predicted molar refractivity (Wildman–Crippen MR) is 79.9 cm³/mol. The summed E-state index contributed by atoms with van der Waals surface area (Å²) < 4.78 is 0. The fraction of sp³-hybridized carbons (Fsp3) is 0.600. The second-order valence-corrected chi connectivity index (χ2v) is 6.12. The highest BCUT2D eigenvalue weighted by molar-refractivity contribution is 7.98. The van der Waals surface area contributed by atoms with Crippen LogP contribution in [0.5, 0.6) is 0 Å². The van der Waals surface area contributed by atoms with Crippen LogP contribution in [0.2, 0.25) is 0 Å². The van der Waals surface area contributed by atoms with E-state index in [4.69, 9.17) is 5.73 Å². The van der Waals surface area contributed by atoms with E-state index in [1.54, 1.807) is 11.8 Å². The monoisotopic (exact) mass is 264 g/mol. The van der Waals surface area contributed by atoms with Gasteiger partial charge in [0.15, 0.2) is 0 Å². The Kier molecular flexibility index (Phi) is 5.10. The van der Waals surface area contributed by atoms with E-state index in [0.29, 0.717) is 6.04 Å². The van der Waals surface area contributed by atoms with Gasteiger partial charge in [-0.05, 0) is 50.3 Å². The Bertz CT molecular complexity index is 361. The maximum Gasteiger partial charge on any atom is 0.0248 e. The van der Waals surface area contributed by atoms with E-state index < -0.39 is 0 Å². The quantitative estimate of drug-likeness (QED) is 0.847. The van der Waals surface area contributed by atoms with Gasteiger partial charge in [-0.1, -0.05) is 18.6 Å². The molecule has 0 amide bonds. The molecule has 1 aromatic carbocycles. The molecule has 2 atom stereocenters. The second-order valence-electron chi connectivity index (χ2n) is 5.24. The van der Waals surface area contributed by atoms with Gasteiger partial charge in [-0.25, -0.2) is 0 Å². The molecule has 1 aromatic rings. The fourth-order valence-electron chi connectivity index (χ4n) is 2.77. The number of hydrogen-bond acceptors (Lipinski definition) is 3. The molecule has 1 aliphatic rings. The van der Waals surface area contributed by atoms with Gasteiger partial charge in [0.05, 0.1) is 0 Å². The highest BCUT2D eigenvalue weighted by Crippen LogP contribution is 2.22. The maximum atomic E-state index is 6.11. The van der Waals surface area contributed by atoms with Crippen molar-refractivity contribution in [3.8, 4) is 0 Å². The van der Waals surface area contributed by atoms with Crippen LogP contribution in [0.1, 0.15) is 31.7 Å². The average molecular weight is 264 g/mol. The van der Waals surface area contributed by atoms with Gasteiger partial charge in [0.25, 0.3) is 0 Å². The fourth-order valence-corrected chi connectivity index (χ4v) is 3.18. The van der Waals surface area contributed by atoms with Crippen molar-refractivity contribution >= 4 is 11.8 Å². The molecule has 0 aromatic heterocycles. The summed E-state index contributed by atoms with van der Waals surface area (Å²) >= 11 is 1.80. The Morgan fingerprint density at radius 2 is 2.06 bits per heavy atom. The van der Waals surface area contributed by atoms with Crippen LogP contribution < -0.4 is 5.73 Å². The average Bonchev–Trinajstić information content (AvgIpc) is 2.40. The number of likely N-dealkylation sites (tertiary alicyclic amines) is 1. The van der Waals surface area contributed by atoms with Gasteiger partial charge in [-0.2, -0.15) is 0 Å². The van der Waals surface area contributed by atoms with Gasteiger partial charge >= 0.3 is 0 Å². The lowest BCUT2D eigenvalue weighted by Crippen LogP contribution is -2.48. The van der Waals surface area contributed by atoms with Crippen molar-refractivity contribution in [3.63, 3.8) is 0 Å². The first-order chi connectivity index (χ1) is 8.70. The third-order valence-corrected chi connectivity index (χ3v) is 4.56. The minimum absolute atomic E-state index is 0.274. The van der Waals surface area contributed by atoms with Gasteiger partial charge in [-0.3, -0.25) is 4.90 Å². The number of nitrogens with two attached hydrogens (primary N) is 1. The summed E-state index contributed by atoms with van der Waals surface area (Å²) in [6, 6.07) is 9.75. The lowest BCUT2D eigenvalue weighted by atomic mass is 9.96. The van der Waals surface area contributed by atoms with E-state index in [1.165, 1.54) is 36.3 Å². The van der Waals surface area contributed by atoms with Gasteiger partial charge < -0.3 is 5.73 Å². The molecular weight excluding hydrogens is 240 g/mol. The van der Waals surface area contributed by atoms with Crippen LogP contribution in [-0.2, 0) is 6.54 Å². The smallest absolute Gasteiger partial charge is 0.0248 e. The predicted octanol–water partition coefficient (Wildman–Crippen LogP) is 3.11. The van der Waals surface area contributed by atoms with Crippen LogP contribution >= 0.6 is 11.8 Å². The first kappa shape index (κ1) is 13.9. The van der Waals surface area contributed by atoms with E-state index in [2.05, 4.69) is 42.3 Å². The molecule has 18 heavy (non-hydrogen) atoms. The number of piperidine rings is 1. The highest BCUT2D eigenvalue weighted by Gasteiger charge is 2.25. The summed E-state index contributed by atoms with van der Waals surface area (Å²) in [7, 11) is 0. The van der Waals surface area contributed by atoms with E-state index in [-0.39, 0.29) is 6.04 Å². The molecule has 0 aliphatic carbocycles. The number of benzene rings is 1. The van der Waals surface area contributed by atoms with Crippen molar-refractivity contribution in [1.29, 1.82) is 0 Å². The molecule has 0 spiro atoms. The van der Waals surface area contributed by atoms with Crippen LogP contribution in [-0.4, -0.2) is 29.8 Å². The number of rotatable bonds is 4. The van der Waals surface area contributed by atoms with Crippen LogP contribution in [0.15, 0.2) is 29.2 Å². The van der Waals surface area contributed by atoms with Gasteiger partial charge in [0, 0.05) is 23.5 Å². The Morgan fingerprint density at radius 3 is 2.67 bits per heavy atom. The molecule has 2 nitrogen and oxygen atoms in total. The number of hydrogen-bond donors (Lipinski definition) is 1. The second kappa shape index (κ2) is 6.60. The minimum atomic E-state index is 0.274. The molecular formula is C15H24N2S. The lowest BCUT2D eigenvalue weighted by Gasteiger charge is -2.38. The largest absolute Gasteiger partial charge is 0.327 e. The van der Waals surface area contributed by atoms with Crippen molar-refractivity contribution in [2.75, 3.05) is 12.8 Å². The topological polar surface area (TPSA) is 29.3 Å². The molecule has 2 N–H and O–H groups in total. The summed E-state index contributed by atoms with van der Waals surface area (Å²) in [6.07, 6.45) is 6.01. The van der Waals surface area contributed by atoms with Crippen molar-refractivity contribution in [2.24, 2.45) is 5.73 Å². The van der Waals surface area contributed by atoms with Crippen molar-refractivity contribution < 1.29 is 0 Å². The Hall–Kier alpha value is -0.510. The van der Waals surface area contributed by atoms with Gasteiger partial charge in [0.2, 0.25) is 0 Å². The SMILES string of the molecule is CSc1ccc(CN2CCCCC2C(C)N)cc1. The summed E-state index contributed by atoms with van der Waals surface area (Å²) in [5.74, 6) is 0. The Morgan fingerprint density at radius 1 is 1.33 bits per heavy atom. The third kappa shape index (κ3) is 3.50. The summed E-state index contributed by atoms with van der Waals surface area (Å²) in [5.41, 5.74) is 7.51. The Balaban J connectivity index is 2.01. The first-order valence-electron chi connectivity index (χ1n) is 6.83. The van der Waals surface area contributed by atoms with E-state index in [9.17, 15) is 0 Å². The molecule has 2 rings (SSSR count). The van der Waals surface area contributed by atoms with Crippen LogP contribution in [0.25, 0.3) is 0 Å². The van der Waals surface area contributed by atoms with Crippen molar-refractivity contribution in [2.45, 2.75) is 49.7 Å². The normalized spacial score (nSPS) is 22.9. The molecule has 1 saturated heterocycles. The van der Waals surface area contributed by atoms with Crippen LogP contribution in [0.3, 0.4) is 0 Å². The highest BCUT2D eigenvalue weighted by atomic mass is 32.2. The molecule has 1 fully saturated rings. The number of thioether (sulfide) groups is 1. The molecule has 0 bridgehead atoms. The first-order valence-corrected chi connectivity index (χ1v) is 8.05. The molecule has 1 aliphatic heterocycles. The van der Waals surface area contributed by atoms with Crippen LogP contribution in [0, 0.1) is 0 Å². The summed E-state index contributed by atoms with van der Waals surface area (Å²) in [4.78, 5) is 3.89. The van der Waals surface area contributed by atoms with Crippen molar-refractivity contribution in [3.05, 3.63) is 29.8 Å². The Labute approximate surface area is 115 Å². The molecule has 1 heterocycles. The van der Waals surface area contributed by atoms with Gasteiger partial charge in [0.1, 0.15) is 0 Å². The number of nitrogens with zero attached hydrogens (tertiary/aromatic N) is 1. The van der Waals surface area contributed by atoms with E-state index >= 15 is 0 Å². The summed E-state index contributed by atoms with van der Waals surface area (Å²) in [5, 5.41) is 0. The molecule has 0 radical (unpaired) electrons. The third-order valence-electron chi connectivity index (χ3n) is 3.82. The molecule has 100 valence electrons.